The van der Waals surface area contributed by atoms with Crippen molar-refractivity contribution in [3.8, 4) is 0 Å². The highest BCUT2D eigenvalue weighted by atomic mass is 16.1. The second kappa shape index (κ2) is 5.37. The molecule has 110 valence electrons. The van der Waals surface area contributed by atoms with E-state index in [-0.39, 0.29) is 11.7 Å². The van der Waals surface area contributed by atoms with Crippen LogP contribution in [0.1, 0.15) is 27.6 Å². The number of anilines is 2. The number of nitrogens with two attached hydrogens (primary N) is 1. The molecule has 1 aromatic heterocycles. The minimum atomic E-state index is -0.224. The zero-order chi connectivity index (χ0) is 15.7. The Morgan fingerprint density at radius 3 is 2.36 bits per heavy atom. The number of amides is 1. The number of H-pyrrole nitrogens is 1. The quantitative estimate of drug-likeness (QED) is 0.512. The minimum absolute atomic E-state index is 0.00978. The molecule has 0 fully saturated rings. The predicted octanol–water partition coefficient (Wildman–Crippen LogP) is 3.21. The van der Waals surface area contributed by atoms with Crippen molar-refractivity contribution < 1.29 is 9.59 Å². The number of ketones is 1. The molecule has 0 radical (unpaired) electrons. The van der Waals surface area contributed by atoms with Crippen LogP contribution < -0.4 is 11.1 Å². The second-order valence-corrected chi connectivity index (χ2v) is 5.12. The Hall–Kier alpha value is -3.08. The number of aromatic amines is 1. The van der Waals surface area contributed by atoms with E-state index in [0.717, 1.165) is 10.9 Å². The smallest absolute Gasteiger partial charge is 0.256 e. The molecule has 0 aliphatic heterocycles. The zero-order valence-corrected chi connectivity index (χ0v) is 12.0. The van der Waals surface area contributed by atoms with Crippen LogP contribution in [0.25, 0.3) is 10.9 Å². The molecule has 0 unspecified atom stereocenters. The number of nitrogen functional groups attached to an aromatic ring is 1. The van der Waals surface area contributed by atoms with Crippen LogP contribution in [0.5, 0.6) is 0 Å². The highest BCUT2D eigenvalue weighted by Crippen LogP contribution is 2.21. The molecule has 5 heteroatoms. The van der Waals surface area contributed by atoms with Crippen molar-refractivity contribution >= 4 is 34.1 Å². The van der Waals surface area contributed by atoms with Crippen LogP contribution in [0.2, 0.25) is 0 Å². The summed E-state index contributed by atoms with van der Waals surface area (Å²) in [4.78, 5) is 26.7. The van der Waals surface area contributed by atoms with Gasteiger partial charge in [-0.1, -0.05) is 0 Å². The second-order valence-electron chi connectivity index (χ2n) is 5.12. The highest BCUT2D eigenvalue weighted by molar-refractivity contribution is 6.05. The van der Waals surface area contributed by atoms with Gasteiger partial charge in [0.15, 0.2) is 5.78 Å². The monoisotopic (exact) mass is 293 g/mol. The van der Waals surface area contributed by atoms with Crippen molar-refractivity contribution in [2.75, 3.05) is 11.1 Å². The summed E-state index contributed by atoms with van der Waals surface area (Å²) in [6, 6.07) is 13.9. The van der Waals surface area contributed by atoms with Crippen LogP contribution in [-0.2, 0) is 0 Å². The van der Waals surface area contributed by atoms with Crippen molar-refractivity contribution in [2.24, 2.45) is 0 Å². The Labute approximate surface area is 127 Å². The largest absolute Gasteiger partial charge is 0.399 e. The predicted molar refractivity (Wildman–Crippen MR) is 87.1 cm³/mol. The van der Waals surface area contributed by atoms with E-state index in [1.165, 1.54) is 6.92 Å². The van der Waals surface area contributed by atoms with Gasteiger partial charge in [0.25, 0.3) is 5.91 Å². The Bertz CT molecular complexity index is 863. The van der Waals surface area contributed by atoms with Gasteiger partial charge in [-0.25, -0.2) is 0 Å². The van der Waals surface area contributed by atoms with Crippen molar-refractivity contribution in [2.45, 2.75) is 6.92 Å². The fraction of sp³-hybridized carbons (Fsp3) is 0.0588. The third-order valence-corrected chi connectivity index (χ3v) is 3.45. The van der Waals surface area contributed by atoms with E-state index in [1.807, 2.05) is 6.07 Å². The van der Waals surface area contributed by atoms with Crippen LogP contribution >= 0.6 is 0 Å². The van der Waals surface area contributed by atoms with E-state index < -0.39 is 0 Å². The first kappa shape index (κ1) is 13.9. The number of nitrogens with one attached hydrogen (secondary N) is 2. The summed E-state index contributed by atoms with van der Waals surface area (Å²) in [5.74, 6) is 0.367. The first-order chi connectivity index (χ1) is 10.5. The Morgan fingerprint density at radius 1 is 1.00 bits per heavy atom. The van der Waals surface area contributed by atoms with Gasteiger partial charge < -0.3 is 16.0 Å². The number of hydrogen-bond acceptors (Lipinski definition) is 3. The van der Waals surface area contributed by atoms with E-state index in [9.17, 15) is 9.59 Å². The molecule has 0 spiro atoms. The van der Waals surface area contributed by atoms with Crippen LogP contribution in [0.15, 0.2) is 48.5 Å². The number of benzene rings is 2. The third kappa shape index (κ3) is 2.69. The first-order valence-electron chi connectivity index (χ1n) is 6.83. The van der Waals surface area contributed by atoms with Crippen molar-refractivity contribution in [1.82, 2.24) is 4.98 Å². The standard InChI is InChI=1S/C17H15N3O2/c1-10(21)12-4-7-15-13(8-12)9-16(19-15)20-17(22)11-2-5-14(18)6-3-11/h2-9,19H,18H2,1H3,(H,20,22). The Balaban J connectivity index is 1.86. The molecule has 22 heavy (non-hydrogen) atoms. The zero-order valence-electron chi connectivity index (χ0n) is 12.0. The number of rotatable bonds is 3. The van der Waals surface area contributed by atoms with Gasteiger partial charge in [0.1, 0.15) is 5.82 Å². The van der Waals surface area contributed by atoms with Crippen LogP contribution in [0.3, 0.4) is 0 Å². The molecular formula is C17H15N3O2. The van der Waals surface area contributed by atoms with E-state index in [2.05, 4.69) is 10.3 Å². The molecule has 1 amide bonds. The summed E-state index contributed by atoms with van der Waals surface area (Å²) < 4.78 is 0. The maximum absolute atomic E-state index is 12.2. The number of Topliss-reactive ketones (excluding diaryl/α,β-unsaturated/α-hetero) is 1. The van der Waals surface area contributed by atoms with E-state index in [1.54, 1.807) is 42.5 Å². The van der Waals surface area contributed by atoms with Gasteiger partial charge >= 0.3 is 0 Å². The lowest BCUT2D eigenvalue weighted by Crippen LogP contribution is -2.11. The molecule has 0 atom stereocenters. The summed E-state index contributed by atoms with van der Waals surface area (Å²) in [6.07, 6.45) is 0. The van der Waals surface area contributed by atoms with E-state index in [4.69, 9.17) is 5.73 Å². The summed E-state index contributed by atoms with van der Waals surface area (Å²) in [7, 11) is 0. The van der Waals surface area contributed by atoms with Gasteiger partial charge in [0, 0.05) is 27.7 Å². The van der Waals surface area contributed by atoms with E-state index in [0.29, 0.717) is 22.6 Å². The summed E-state index contributed by atoms with van der Waals surface area (Å²) >= 11 is 0. The van der Waals surface area contributed by atoms with Crippen molar-refractivity contribution in [3.05, 3.63) is 59.7 Å². The maximum atomic E-state index is 12.2. The third-order valence-electron chi connectivity index (χ3n) is 3.45. The SMILES string of the molecule is CC(=O)c1ccc2[nH]c(NC(=O)c3ccc(N)cc3)cc2c1. The Morgan fingerprint density at radius 2 is 1.68 bits per heavy atom. The molecule has 0 bridgehead atoms. The van der Waals surface area contributed by atoms with Crippen molar-refractivity contribution in [1.29, 1.82) is 0 Å². The van der Waals surface area contributed by atoms with Crippen molar-refractivity contribution in [3.63, 3.8) is 0 Å². The lowest BCUT2D eigenvalue weighted by molar-refractivity contribution is 0.101. The van der Waals surface area contributed by atoms with Crippen LogP contribution in [0, 0.1) is 0 Å². The summed E-state index contributed by atoms with van der Waals surface area (Å²) in [5, 5.41) is 3.67. The normalized spacial score (nSPS) is 10.6. The molecule has 2 aromatic carbocycles. The van der Waals surface area contributed by atoms with Crippen LogP contribution in [-0.4, -0.2) is 16.7 Å². The lowest BCUT2D eigenvalue weighted by Gasteiger charge is -2.02. The molecule has 1 heterocycles. The summed E-state index contributed by atoms with van der Waals surface area (Å²) in [6.45, 7) is 1.53. The van der Waals surface area contributed by atoms with Crippen LogP contribution in [0.4, 0.5) is 11.5 Å². The number of hydrogen-bond donors (Lipinski definition) is 3. The van der Waals surface area contributed by atoms with E-state index >= 15 is 0 Å². The molecule has 3 aromatic rings. The molecule has 5 nitrogen and oxygen atoms in total. The first-order valence-corrected chi connectivity index (χ1v) is 6.83. The molecular weight excluding hydrogens is 278 g/mol. The number of fused-ring (bicyclic) bond motifs is 1. The number of carbonyl (C=O) groups excluding carboxylic acids is 2. The average molecular weight is 293 g/mol. The van der Waals surface area contributed by atoms with Gasteiger partial charge in [0.2, 0.25) is 0 Å². The number of carbonyl (C=O) groups is 2. The Kier molecular flexibility index (Phi) is 3.39. The molecule has 0 saturated carbocycles. The van der Waals surface area contributed by atoms with Gasteiger partial charge in [-0.3, -0.25) is 9.59 Å². The average Bonchev–Trinajstić information content (AvgIpc) is 2.88. The number of aromatic nitrogens is 1. The van der Waals surface area contributed by atoms with Gasteiger partial charge in [-0.15, -0.1) is 0 Å². The topological polar surface area (TPSA) is 88.0 Å². The fourth-order valence-corrected chi connectivity index (χ4v) is 2.25. The highest BCUT2D eigenvalue weighted by Gasteiger charge is 2.09. The van der Waals surface area contributed by atoms with Gasteiger partial charge in [-0.05, 0) is 55.5 Å². The van der Waals surface area contributed by atoms with Gasteiger partial charge in [0.05, 0.1) is 0 Å². The molecule has 4 N–H and O–H groups in total. The molecule has 3 rings (SSSR count). The minimum Gasteiger partial charge on any atom is -0.399 e. The fourth-order valence-electron chi connectivity index (χ4n) is 2.25. The lowest BCUT2D eigenvalue weighted by atomic mass is 10.1. The maximum Gasteiger partial charge on any atom is 0.256 e. The van der Waals surface area contributed by atoms with Gasteiger partial charge in [-0.2, -0.15) is 0 Å². The summed E-state index contributed by atoms with van der Waals surface area (Å²) in [5.41, 5.74) is 8.24. The molecule has 0 aliphatic rings. The molecule has 0 aliphatic carbocycles. The molecule has 0 saturated heterocycles.